The molecule has 1 aliphatic carbocycles. The number of aromatic nitrogens is 2. The molecule has 3 N–H and O–H groups in total. The van der Waals surface area contributed by atoms with Crippen LogP contribution >= 0.6 is 11.8 Å². The topological polar surface area (TPSA) is 72.0 Å². The fourth-order valence-electron chi connectivity index (χ4n) is 1.96. The summed E-state index contributed by atoms with van der Waals surface area (Å²) in [6, 6.07) is 0. The minimum Gasteiger partial charge on any atom is -0.394 e. The Bertz CT molecular complexity index is 425. The number of nitrogens with two attached hydrogens (primary N) is 1. The van der Waals surface area contributed by atoms with Gasteiger partial charge in [-0.15, -0.1) is 0 Å². The lowest BCUT2D eigenvalue weighted by atomic mass is 9.99. The first-order chi connectivity index (χ1) is 8.46. The summed E-state index contributed by atoms with van der Waals surface area (Å²) in [6.45, 7) is 6.06. The number of hydrogen-bond acceptors (Lipinski definition) is 5. The molecule has 1 aliphatic rings. The van der Waals surface area contributed by atoms with E-state index in [1.54, 1.807) is 11.8 Å². The van der Waals surface area contributed by atoms with Crippen molar-refractivity contribution in [1.29, 1.82) is 0 Å². The van der Waals surface area contributed by atoms with Crippen LogP contribution in [0.1, 0.15) is 29.8 Å². The minimum atomic E-state index is -0.472. The molecule has 100 valence electrons. The molecule has 1 heterocycles. The molecule has 5 heteroatoms. The summed E-state index contributed by atoms with van der Waals surface area (Å²) in [4.78, 5) is 8.93. The van der Waals surface area contributed by atoms with Crippen molar-refractivity contribution in [2.75, 3.05) is 12.4 Å². The van der Waals surface area contributed by atoms with E-state index in [2.05, 4.69) is 9.97 Å². The minimum absolute atomic E-state index is 0.0362. The monoisotopic (exact) mass is 267 g/mol. The Morgan fingerprint density at radius 2 is 1.83 bits per heavy atom. The maximum absolute atomic E-state index is 9.45. The van der Waals surface area contributed by atoms with Crippen LogP contribution in [0.25, 0.3) is 0 Å². The highest BCUT2D eigenvalue weighted by atomic mass is 32.2. The summed E-state index contributed by atoms with van der Waals surface area (Å²) in [5.41, 5.74) is 8.93. The maximum Gasteiger partial charge on any atom is 0.188 e. The number of hydrogen-bond donors (Lipinski definition) is 2. The van der Waals surface area contributed by atoms with E-state index in [4.69, 9.17) is 5.73 Å². The molecular formula is C13H21N3OS. The van der Waals surface area contributed by atoms with Crippen molar-refractivity contribution in [3.63, 3.8) is 0 Å². The van der Waals surface area contributed by atoms with Crippen molar-refractivity contribution in [1.82, 2.24) is 9.97 Å². The van der Waals surface area contributed by atoms with Crippen LogP contribution in [0.5, 0.6) is 0 Å². The lowest BCUT2D eigenvalue weighted by molar-refractivity contribution is 0.194. The molecule has 0 radical (unpaired) electrons. The molecule has 2 rings (SSSR count). The van der Waals surface area contributed by atoms with Gasteiger partial charge in [0.1, 0.15) is 0 Å². The Kier molecular flexibility index (Phi) is 3.94. The molecule has 1 aromatic rings. The molecule has 0 aliphatic heterocycles. The van der Waals surface area contributed by atoms with Crippen LogP contribution in [0.15, 0.2) is 5.16 Å². The largest absolute Gasteiger partial charge is 0.394 e. The van der Waals surface area contributed by atoms with Gasteiger partial charge in [0.15, 0.2) is 5.16 Å². The summed E-state index contributed by atoms with van der Waals surface area (Å²) >= 11 is 1.55. The average Bonchev–Trinajstić information content (AvgIpc) is 3.17. The van der Waals surface area contributed by atoms with Crippen molar-refractivity contribution in [2.24, 2.45) is 11.7 Å². The zero-order chi connectivity index (χ0) is 13.3. The van der Waals surface area contributed by atoms with E-state index in [-0.39, 0.29) is 6.61 Å². The Morgan fingerprint density at radius 3 is 2.28 bits per heavy atom. The van der Waals surface area contributed by atoms with Gasteiger partial charge in [0.25, 0.3) is 0 Å². The van der Waals surface area contributed by atoms with E-state index in [1.807, 2.05) is 20.8 Å². The third-order valence-electron chi connectivity index (χ3n) is 3.77. The lowest BCUT2D eigenvalue weighted by Crippen LogP contribution is -2.48. The molecule has 1 unspecified atom stereocenters. The fourth-order valence-corrected chi connectivity index (χ4v) is 3.08. The average molecular weight is 267 g/mol. The lowest BCUT2D eigenvalue weighted by Gasteiger charge is -2.26. The Hall–Kier alpha value is -0.650. The number of aliphatic hydroxyl groups is 1. The van der Waals surface area contributed by atoms with Crippen LogP contribution < -0.4 is 5.73 Å². The molecule has 18 heavy (non-hydrogen) atoms. The number of thioether (sulfide) groups is 1. The summed E-state index contributed by atoms with van der Waals surface area (Å²) in [7, 11) is 0. The van der Waals surface area contributed by atoms with Gasteiger partial charge in [-0.2, -0.15) is 0 Å². The van der Waals surface area contributed by atoms with Gasteiger partial charge in [-0.25, -0.2) is 9.97 Å². The molecule has 0 saturated heterocycles. The molecule has 0 spiro atoms. The van der Waals surface area contributed by atoms with Gasteiger partial charge in [0.2, 0.25) is 0 Å². The first-order valence-electron chi connectivity index (χ1n) is 6.30. The molecule has 0 amide bonds. The first kappa shape index (κ1) is 13.8. The Labute approximate surface area is 112 Å². The summed E-state index contributed by atoms with van der Waals surface area (Å²) in [5, 5.41) is 10.2. The van der Waals surface area contributed by atoms with Gasteiger partial charge in [0.05, 0.1) is 12.1 Å². The third-order valence-corrected chi connectivity index (χ3v) is 4.89. The number of rotatable bonds is 5. The van der Waals surface area contributed by atoms with Crippen molar-refractivity contribution in [2.45, 2.75) is 44.3 Å². The van der Waals surface area contributed by atoms with Gasteiger partial charge in [0, 0.05) is 17.1 Å². The smallest absolute Gasteiger partial charge is 0.188 e. The van der Waals surface area contributed by atoms with Crippen molar-refractivity contribution in [3.05, 3.63) is 17.0 Å². The summed E-state index contributed by atoms with van der Waals surface area (Å²) in [5.74, 6) is 1.14. The van der Waals surface area contributed by atoms with E-state index in [0.717, 1.165) is 34.9 Å². The summed E-state index contributed by atoms with van der Waals surface area (Å²) in [6.07, 6.45) is 2.26. The second-order valence-corrected chi connectivity index (χ2v) is 6.20. The van der Waals surface area contributed by atoms with Crippen LogP contribution in [0.3, 0.4) is 0 Å². The SMILES string of the molecule is Cc1nc(SCC(N)(CO)C2CC2)nc(C)c1C. The predicted octanol–water partition coefficient (Wildman–Crippen LogP) is 1.59. The van der Waals surface area contributed by atoms with Crippen molar-refractivity contribution < 1.29 is 5.11 Å². The van der Waals surface area contributed by atoms with Gasteiger partial charge >= 0.3 is 0 Å². The molecule has 1 atom stereocenters. The van der Waals surface area contributed by atoms with E-state index in [1.165, 1.54) is 0 Å². The van der Waals surface area contributed by atoms with Crippen molar-refractivity contribution >= 4 is 11.8 Å². The first-order valence-corrected chi connectivity index (χ1v) is 7.29. The molecule has 4 nitrogen and oxygen atoms in total. The maximum atomic E-state index is 9.45. The molecule has 1 saturated carbocycles. The molecule has 0 bridgehead atoms. The van der Waals surface area contributed by atoms with Gasteiger partial charge in [-0.3, -0.25) is 0 Å². The standard InChI is InChI=1S/C13H21N3OS/c1-8-9(2)15-12(16-10(8)3)18-7-13(14,6-17)11-4-5-11/h11,17H,4-7,14H2,1-3H3. The predicted molar refractivity (Wildman–Crippen MR) is 73.7 cm³/mol. The van der Waals surface area contributed by atoms with Crippen LogP contribution in [-0.4, -0.2) is 33.0 Å². The highest BCUT2D eigenvalue weighted by molar-refractivity contribution is 7.99. The molecular weight excluding hydrogens is 246 g/mol. The highest BCUT2D eigenvalue weighted by Gasteiger charge is 2.41. The fraction of sp³-hybridized carbons (Fsp3) is 0.692. The van der Waals surface area contributed by atoms with E-state index in [0.29, 0.717) is 11.7 Å². The second kappa shape index (κ2) is 5.15. The summed E-state index contributed by atoms with van der Waals surface area (Å²) < 4.78 is 0. The van der Waals surface area contributed by atoms with Crippen molar-refractivity contribution in [3.8, 4) is 0 Å². The van der Waals surface area contributed by atoms with E-state index >= 15 is 0 Å². The highest BCUT2D eigenvalue weighted by Crippen LogP contribution is 2.40. The van der Waals surface area contributed by atoms with Crippen LogP contribution in [0.2, 0.25) is 0 Å². The zero-order valence-corrected chi connectivity index (χ0v) is 12.0. The number of aliphatic hydroxyl groups excluding tert-OH is 1. The van der Waals surface area contributed by atoms with E-state index < -0.39 is 5.54 Å². The number of nitrogens with zero attached hydrogens (tertiary/aromatic N) is 2. The van der Waals surface area contributed by atoms with Crippen LogP contribution in [0.4, 0.5) is 0 Å². The van der Waals surface area contributed by atoms with E-state index in [9.17, 15) is 5.11 Å². The number of aryl methyl sites for hydroxylation is 2. The van der Waals surface area contributed by atoms with Gasteiger partial charge < -0.3 is 10.8 Å². The second-order valence-electron chi connectivity index (χ2n) is 5.26. The quantitative estimate of drug-likeness (QED) is 0.626. The van der Waals surface area contributed by atoms with Crippen LogP contribution in [0, 0.1) is 26.7 Å². The zero-order valence-electron chi connectivity index (χ0n) is 11.2. The van der Waals surface area contributed by atoms with Crippen LogP contribution in [-0.2, 0) is 0 Å². The third kappa shape index (κ3) is 2.84. The normalized spacial score (nSPS) is 18.7. The Morgan fingerprint density at radius 1 is 1.28 bits per heavy atom. The molecule has 1 fully saturated rings. The van der Waals surface area contributed by atoms with Gasteiger partial charge in [-0.1, -0.05) is 11.8 Å². The molecule has 0 aromatic carbocycles. The Balaban J connectivity index is 2.06. The molecule has 1 aromatic heterocycles. The van der Waals surface area contributed by atoms with Gasteiger partial charge in [-0.05, 0) is 45.1 Å².